The number of allylic oxidation sites excluding steroid dienone is 2. The first-order chi connectivity index (χ1) is 4.15. The van der Waals surface area contributed by atoms with E-state index < -0.39 is 5.97 Å². The van der Waals surface area contributed by atoms with Crippen LogP contribution in [0.3, 0.4) is 0 Å². The summed E-state index contributed by atoms with van der Waals surface area (Å²) in [7, 11) is 0. The third kappa shape index (κ3) is 212. The highest BCUT2D eigenvalue weighted by atomic mass is 19.1. The normalized spacial score (nSPS) is 7.78. The molecule has 0 amide bonds. The van der Waals surface area contributed by atoms with E-state index in [-0.39, 0.29) is 0 Å². The van der Waals surface area contributed by atoms with Crippen LogP contribution in [0.25, 0.3) is 0 Å². The monoisotopic (exact) mass is 132 g/mol. The summed E-state index contributed by atoms with van der Waals surface area (Å²) in [5, 5.41) is 7.42. The maximum absolute atomic E-state index is 10.7. The number of halogens is 1. The van der Waals surface area contributed by atoms with Gasteiger partial charge in [-0.05, 0) is 6.08 Å². The molecule has 52 valence electrons. The van der Waals surface area contributed by atoms with Gasteiger partial charge >= 0.3 is 0 Å². The number of aliphatic carboxylic acids is 1. The fraction of sp³-hybridized carbons (Fsp3) is 0.167. The molecule has 0 saturated carbocycles. The molecule has 9 heavy (non-hydrogen) atoms. The molecule has 0 aliphatic carbocycles. The Labute approximate surface area is 53.3 Å². The molecule has 0 unspecified atom stereocenters. The molecule has 0 aromatic heterocycles. The highest BCUT2D eigenvalue weighted by Crippen LogP contribution is 1.68. The van der Waals surface area contributed by atoms with Gasteiger partial charge in [0, 0.05) is 6.92 Å². The van der Waals surface area contributed by atoms with Crippen LogP contribution in [0, 0.1) is 0 Å². The molecule has 0 aromatic rings. The fourth-order valence-electron chi connectivity index (χ4n) is 0.0514. The van der Waals surface area contributed by atoms with Gasteiger partial charge < -0.3 is 5.11 Å². The quantitative estimate of drug-likeness (QED) is 0.552. The van der Waals surface area contributed by atoms with E-state index >= 15 is 0 Å². The van der Waals surface area contributed by atoms with Crippen molar-refractivity contribution in [2.45, 2.75) is 6.92 Å². The van der Waals surface area contributed by atoms with Gasteiger partial charge in [-0.15, -0.1) is 0 Å². The molecule has 0 aliphatic heterocycles. The summed E-state index contributed by atoms with van der Waals surface area (Å²) in [6.07, 6.45) is 3.03. The second-order valence-corrected chi connectivity index (χ2v) is 1.07. The van der Waals surface area contributed by atoms with Gasteiger partial charge in [0.25, 0.3) is 5.97 Å². The molecule has 0 aliphatic rings. The summed E-state index contributed by atoms with van der Waals surface area (Å²) < 4.78 is 10.7. The van der Waals surface area contributed by atoms with Gasteiger partial charge in [0.1, 0.15) is 0 Å². The minimum atomic E-state index is -0.833. The van der Waals surface area contributed by atoms with E-state index in [2.05, 4.69) is 6.58 Å². The van der Waals surface area contributed by atoms with Crippen LogP contribution in [-0.4, -0.2) is 11.1 Å². The maximum atomic E-state index is 10.7. The summed E-state index contributed by atoms with van der Waals surface area (Å²) in [6, 6.07) is 0. The van der Waals surface area contributed by atoms with Crippen molar-refractivity contribution in [1.82, 2.24) is 0 Å². The van der Waals surface area contributed by atoms with Gasteiger partial charge in [-0.1, -0.05) is 12.7 Å². The minimum Gasteiger partial charge on any atom is -0.481 e. The zero-order chi connectivity index (χ0) is 7.70. The molecule has 3 heteroatoms. The third-order valence-corrected chi connectivity index (χ3v) is 0.209. The first-order valence-corrected chi connectivity index (χ1v) is 2.22. The van der Waals surface area contributed by atoms with E-state index in [1.165, 1.54) is 12.2 Å². The lowest BCUT2D eigenvalue weighted by Crippen LogP contribution is -1.78. The van der Waals surface area contributed by atoms with Crippen LogP contribution in [0.1, 0.15) is 6.92 Å². The standard InChI is InChI=1S/C4H5F.C2H4O2/c1-2-3-4-5;1-2(3)4/h2-4H,1H2;1H3,(H,3,4). The number of hydrogen-bond acceptors (Lipinski definition) is 1. The lowest BCUT2D eigenvalue weighted by atomic mass is 10.6. The van der Waals surface area contributed by atoms with Gasteiger partial charge in [0.2, 0.25) is 0 Å². The van der Waals surface area contributed by atoms with Crippen molar-refractivity contribution in [3.05, 3.63) is 25.1 Å². The lowest BCUT2D eigenvalue weighted by Gasteiger charge is -1.59. The van der Waals surface area contributed by atoms with Crippen molar-refractivity contribution in [1.29, 1.82) is 0 Å². The summed E-state index contributed by atoms with van der Waals surface area (Å²) in [4.78, 5) is 9.00. The Morgan fingerprint density at radius 3 is 2.11 bits per heavy atom. The van der Waals surface area contributed by atoms with Gasteiger partial charge in [0.05, 0.1) is 6.33 Å². The van der Waals surface area contributed by atoms with Crippen molar-refractivity contribution < 1.29 is 14.3 Å². The number of hydrogen-bond donors (Lipinski definition) is 1. The summed E-state index contributed by atoms with van der Waals surface area (Å²) in [5.41, 5.74) is 0. The zero-order valence-corrected chi connectivity index (χ0v) is 5.17. The molecule has 0 rings (SSSR count). The van der Waals surface area contributed by atoms with Gasteiger partial charge in [0.15, 0.2) is 0 Å². The zero-order valence-electron chi connectivity index (χ0n) is 5.17. The molecule has 0 atom stereocenters. The molecule has 1 N–H and O–H groups in total. The maximum Gasteiger partial charge on any atom is 0.300 e. The third-order valence-electron chi connectivity index (χ3n) is 0.209. The van der Waals surface area contributed by atoms with Crippen LogP contribution in [-0.2, 0) is 4.79 Å². The first kappa shape index (κ1) is 10.8. The SMILES string of the molecule is C=CC=CF.CC(=O)O. The minimum absolute atomic E-state index is 0.438. The highest BCUT2D eigenvalue weighted by molar-refractivity contribution is 5.62. The smallest absolute Gasteiger partial charge is 0.300 e. The summed E-state index contributed by atoms with van der Waals surface area (Å²) in [5.74, 6) is -0.833. The Kier molecular flexibility index (Phi) is 12.0. The Balaban J connectivity index is 0. The summed E-state index contributed by atoms with van der Waals surface area (Å²) in [6.45, 7) is 4.31. The second-order valence-electron chi connectivity index (χ2n) is 1.07. The van der Waals surface area contributed by atoms with Gasteiger partial charge in [-0.25, -0.2) is 4.39 Å². The lowest BCUT2D eigenvalue weighted by molar-refractivity contribution is -0.134. The molecule has 0 bridgehead atoms. The molecule has 0 heterocycles. The van der Waals surface area contributed by atoms with Crippen LogP contribution in [0.2, 0.25) is 0 Å². The second kappa shape index (κ2) is 9.99. The van der Waals surface area contributed by atoms with Crippen LogP contribution in [0.15, 0.2) is 25.1 Å². The molecule has 0 fully saturated rings. The van der Waals surface area contributed by atoms with Crippen molar-refractivity contribution >= 4 is 5.97 Å². The summed E-state index contributed by atoms with van der Waals surface area (Å²) >= 11 is 0. The van der Waals surface area contributed by atoms with Crippen molar-refractivity contribution in [2.75, 3.05) is 0 Å². The highest BCUT2D eigenvalue weighted by Gasteiger charge is 1.65. The molecular weight excluding hydrogens is 123 g/mol. The largest absolute Gasteiger partial charge is 0.481 e. The van der Waals surface area contributed by atoms with E-state index in [1.54, 1.807) is 0 Å². The van der Waals surface area contributed by atoms with Crippen LogP contribution < -0.4 is 0 Å². The number of rotatable bonds is 1. The average molecular weight is 132 g/mol. The van der Waals surface area contributed by atoms with E-state index in [1.807, 2.05) is 0 Å². The average Bonchev–Trinajstić information content (AvgIpc) is 1.66. The van der Waals surface area contributed by atoms with Crippen LogP contribution in [0.4, 0.5) is 4.39 Å². The van der Waals surface area contributed by atoms with E-state index in [0.29, 0.717) is 6.33 Å². The van der Waals surface area contributed by atoms with E-state index in [4.69, 9.17) is 9.90 Å². The van der Waals surface area contributed by atoms with Crippen molar-refractivity contribution in [2.24, 2.45) is 0 Å². The predicted molar refractivity (Wildman–Crippen MR) is 33.8 cm³/mol. The Morgan fingerprint density at radius 1 is 1.78 bits per heavy atom. The number of carbonyl (C=O) groups is 1. The predicted octanol–water partition coefficient (Wildman–Crippen LogP) is 1.75. The van der Waals surface area contributed by atoms with E-state index in [0.717, 1.165) is 6.92 Å². The molecule has 0 spiro atoms. The Bertz CT molecular complexity index is 104. The Hall–Kier alpha value is -1.12. The molecule has 2 nitrogen and oxygen atoms in total. The van der Waals surface area contributed by atoms with Crippen LogP contribution >= 0.6 is 0 Å². The van der Waals surface area contributed by atoms with E-state index in [9.17, 15) is 4.39 Å². The molecule has 0 aromatic carbocycles. The topological polar surface area (TPSA) is 37.3 Å². The number of carboxylic acids is 1. The van der Waals surface area contributed by atoms with Crippen molar-refractivity contribution in [3.8, 4) is 0 Å². The Morgan fingerprint density at radius 2 is 2.11 bits per heavy atom. The first-order valence-electron chi connectivity index (χ1n) is 2.22. The van der Waals surface area contributed by atoms with Crippen LogP contribution in [0.5, 0.6) is 0 Å². The fourth-order valence-corrected chi connectivity index (χ4v) is 0.0514. The van der Waals surface area contributed by atoms with Gasteiger partial charge in [-0.2, -0.15) is 0 Å². The number of carboxylic acid groups (broad SMARTS) is 1. The molecule has 0 saturated heterocycles. The van der Waals surface area contributed by atoms with Crippen molar-refractivity contribution in [3.63, 3.8) is 0 Å². The van der Waals surface area contributed by atoms with Gasteiger partial charge in [-0.3, -0.25) is 4.79 Å². The molecular formula is C6H9FO2. The molecule has 0 radical (unpaired) electrons.